The van der Waals surface area contributed by atoms with E-state index in [2.05, 4.69) is 43.0 Å². The molecule has 2 rings (SSSR count). The standard InChI is InChI=1S/C16H26N2/c1-13-3-5-15(6-4-13)11-18-8-7-16(12-18)9-14(2)10-17/h3-6,14,16H,7-12,17H2,1-2H3. The van der Waals surface area contributed by atoms with Crippen molar-refractivity contribution in [3.8, 4) is 0 Å². The lowest BCUT2D eigenvalue weighted by molar-refractivity contribution is 0.303. The van der Waals surface area contributed by atoms with Crippen LogP contribution in [0.1, 0.15) is 30.9 Å². The summed E-state index contributed by atoms with van der Waals surface area (Å²) >= 11 is 0. The number of nitrogens with zero attached hydrogens (tertiary/aromatic N) is 1. The zero-order valence-electron chi connectivity index (χ0n) is 11.7. The minimum Gasteiger partial charge on any atom is -0.330 e. The van der Waals surface area contributed by atoms with E-state index in [4.69, 9.17) is 5.73 Å². The summed E-state index contributed by atoms with van der Waals surface area (Å²) < 4.78 is 0. The summed E-state index contributed by atoms with van der Waals surface area (Å²) in [6.07, 6.45) is 2.64. The molecule has 2 unspecified atom stereocenters. The molecular formula is C16H26N2. The SMILES string of the molecule is Cc1ccc(CN2CCC(CC(C)CN)C2)cc1. The lowest BCUT2D eigenvalue weighted by Crippen LogP contribution is -2.21. The lowest BCUT2D eigenvalue weighted by Gasteiger charge is -2.17. The van der Waals surface area contributed by atoms with Crippen LogP contribution in [0.5, 0.6) is 0 Å². The monoisotopic (exact) mass is 246 g/mol. The molecule has 1 aromatic rings. The predicted octanol–water partition coefficient (Wildman–Crippen LogP) is 2.80. The molecule has 1 aliphatic heterocycles. The van der Waals surface area contributed by atoms with Crippen molar-refractivity contribution in [2.45, 2.75) is 33.2 Å². The van der Waals surface area contributed by atoms with Crippen LogP contribution in [-0.2, 0) is 6.54 Å². The molecule has 1 heterocycles. The molecule has 0 amide bonds. The normalized spacial score (nSPS) is 22.3. The first-order valence-electron chi connectivity index (χ1n) is 7.15. The number of nitrogens with two attached hydrogens (primary N) is 1. The van der Waals surface area contributed by atoms with E-state index in [1.165, 1.54) is 37.1 Å². The molecule has 0 radical (unpaired) electrons. The zero-order valence-corrected chi connectivity index (χ0v) is 11.7. The quantitative estimate of drug-likeness (QED) is 0.865. The molecule has 0 spiro atoms. The third-order valence-corrected chi connectivity index (χ3v) is 4.03. The fraction of sp³-hybridized carbons (Fsp3) is 0.625. The molecule has 2 nitrogen and oxygen atoms in total. The van der Waals surface area contributed by atoms with Crippen molar-refractivity contribution in [1.82, 2.24) is 4.90 Å². The van der Waals surface area contributed by atoms with E-state index >= 15 is 0 Å². The van der Waals surface area contributed by atoms with Crippen LogP contribution in [-0.4, -0.2) is 24.5 Å². The van der Waals surface area contributed by atoms with Gasteiger partial charge in [-0.2, -0.15) is 0 Å². The first-order valence-corrected chi connectivity index (χ1v) is 7.15. The summed E-state index contributed by atoms with van der Waals surface area (Å²) in [6.45, 7) is 8.84. The highest BCUT2D eigenvalue weighted by molar-refractivity contribution is 5.21. The van der Waals surface area contributed by atoms with Gasteiger partial charge < -0.3 is 5.73 Å². The third kappa shape index (κ3) is 3.82. The van der Waals surface area contributed by atoms with E-state index in [-0.39, 0.29) is 0 Å². The molecule has 1 aliphatic rings. The summed E-state index contributed by atoms with van der Waals surface area (Å²) in [4.78, 5) is 2.58. The molecule has 2 N–H and O–H groups in total. The summed E-state index contributed by atoms with van der Waals surface area (Å²) in [7, 11) is 0. The van der Waals surface area contributed by atoms with Gasteiger partial charge in [-0.25, -0.2) is 0 Å². The Morgan fingerprint density at radius 3 is 2.72 bits per heavy atom. The Morgan fingerprint density at radius 2 is 2.06 bits per heavy atom. The highest BCUT2D eigenvalue weighted by Crippen LogP contribution is 2.24. The number of hydrogen-bond acceptors (Lipinski definition) is 2. The van der Waals surface area contributed by atoms with Gasteiger partial charge in [0.2, 0.25) is 0 Å². The van der Waals surface area contributed by atoms with Crippen LogP contribution >= 0.6 is 0 Å². The molecular weight excluding hydrogens is 220 g/mol. The molecule has 0 aromatic heterocycles. The largest absolute Gasteiger partial charge is 0.330 e. The molecule has 2 heteroatoms. The Balaban J connectivity index is 1.80. The van der Waals surface area contributed by atoms with Gasteiger partial charge in [-0.1, -0.05) is 36.8 Å². The van der Waals surface area contributed by atoms with Crippen molar-refractivity contribution in [3.63, 3.8) is 0 Å². The van der Waals surface area contributed by atoms with Gasteiger partial charge in [0, 0.05) is 13.1 Å². The van der Waals surface area contributed by atoms with Crippen molar-refractivity contribution in [2.24, 2.45) is 17.6 Å². The van der Waals surface area contributed by atoms with Gasteiger partial charge in [-0.3, -0.25) is 4.90 Å². The first kappa shape index (κ1) is 13.6. The smallest absolute Gasteiger partial charge is 0.0233 e. The summed E-state index contributed by atoms with van der Waals surface area (Å²) in [5.41, 5.74) is 8.49. The van der Waals surface area contributed by atoms with E-state index in [0.717, 1.165) is 19.0 Å². The average molecular weight is 246 g/mol. The number of benzene rings is 1. The molecule has 1 fully saturated rings. The molecule has 1 saturated heterocycles. The Bertz CT molecular complexity index is 358. The number of hydrogen-bond donors (Lipinski definition) is 1. The van der Waals surface area contributed by atoms with Crippen molar-refractivity contribution in [3.05, 3.63) is 35.4 Å². The Hall–Kier alpha value is -0.860. The second-order valence-corrected chi connectivity index (χ2v) is 5.95. The molecule has 1 aromatic carbocycles. The maximum absolute atomic E-state index is 5.71. The minimum atomic E-state index is 0.675. The predicted molar refractivity (Wildman–Crippen MR) is 77.4 cm³/mol. The van der Waals surface area contributed by atoms with Gasteiger partial charge >= 0.3 is 0 Å². The summed E-state index contributed by atoms with van der Waals surface area (Å²) in [5, 5.41) is 0. The van der Waals surface area contributed by atoms with Gasteiger partial charge in [-0.05, 0) is 50.3 Å². The van der Waals surface area contributed by atoms with Gasteiger partial charge in [-0.15, -0.1) is 0 Å². The topological polar surface area (TPSA) is 29.3 Å². The number of aryl methyl sites for hydroxylation is 1. The Morgan fingerprint density at radius 1 is 1.33 bits per heavy atom. The summed E-state index contributed by atoms with van der Waals surface area (Å²) in [5.74, 6) is 1.53. The van der Waals surface area contributed by atoms with Crippen LogP contribution in [0.2, 0.25) is 0 Å². The van der Waals surface area contributed by atoms with Crippen LogP contribution in [0, 0.1) is 18.8 Å². The van der Waals surface area contributed by atoms with Crippen LogP contribution in [0.25, 0.3) is 0 Å². The molecule has 100 valence electrons. The van der Waals surface area contributed by atoms with Gasteiger partial charge in [0.15, 0.2) is 0 Å². The first-order chi connectivity index (χ1) is 8.67. The highest BCUT2D eigenvalue weighted by atomic mass is 15.1. The Kier molecular flexibility index (Phi) is 4.79. The maximum atomic E-state index is 5.71. The molecule has 0 saturated carbocycles. The second kappa shape index (κ2) is 6.35. The fourth-order valence-corrected chi connectivity index (χ4v) is 2.87. The van der Waals surface area contributed by atoms with Crippen molar-refractivity contribution in [2.75, 3.05) is 19.6 Å². The molecule has 18 heavy (non-hydrogen) atoms. The van der Waals surface area contributed by atoms with E-state index in [1.54, 1.807) is 0 Å². The third-order valence-electron chi connectivity index (χ3n) is 4.03. The van der Waals surface area contributed by atoms with Crippen LogP contribution in [0.4, 0.5) is 0 Å². The van der Waals surface area contributed by atoms with Gasteiger partial charge in [0.05, 0.1) is 0 Å². The molecule has 0 bridgehead atoms. The van der Waals surface area contributed by atoms with Crippen molar-refractivity contribution < 1.29 is 0 Å². The zero-order chi connectivity index (χ0) is 13.0. The minimum absolute atomic E-state index is 0.675. The van der Waals surface area contributed by atoms with E-state index < -0.39 is 0 Å². The maximum Gasteiger partial charge on any atom is 0.0233 e. The van der Waals surface area contributed by atoms with E-state index in [0.29, 0.717) is 5.92 Å². The van der Waals surface area contributed by atoms with Crippen molar-refractivity contribution >= 4 is 0 Å². The number of likely N-dealkylation sites (tertiary alicyclic amines) is 1. The van der Waals surface area contributed by atoms with Crippen LogP contribution in [0.3, 0.4) is 0 Å². The second-order valence-electron chi connectivity index (χ2n) is 5.95. The summed E-state index contributed by atoms with van der Waals surface area (Å²) in [6, 6.07) is 8.93. The fourth-order valence-electron chi connectivity index (χ4n) is 2.87. The van der Waals surface area contributed by atoms with Gasteiger partial charge in [0.1, 0.15) is 0 Å². The lowest BCUT2D eigenvalue weighted by atomic mass is 9.95. The van der Waals surface area contributed by atoms with Gasteiger partial charge in [0.25, 0.3) is 0 Å². The highest BCUT2D eigenvalue weighted by Gasteiger charge is 2.23. The van der Waals surface area contributed by atoms with Crippen LogP contribution < -0.4 is 5.73 Å². The average Bonchev–Trinajstić information content (AvgIpc) is 2.79. The van der Waals surface area contributed by atoms with E-state index in [9.17, 15) is 0 Å². The number of rotatable bonds is 5. The molecule has 0 aliphatic carbocycles. The van der Waals surface area contributed by atoms with Crippen LogP contribution in [0.15, 0.2) is 24.3 Å². The van der Waals surface area contributed by atoms with Crippen molar-refractivity contribution in [1.29, 1.82) is 0 Å². The van der Waals surface area contributed by atoms with E-state index in [1.807, 2.05) is 0 Å². The Labute approximate surface area is 111 Å². The molecule has 2 atom stereocenters.